The van der Waals surface area contributed by atoms with Gasteiger partial charge in [-0.3, -0.25) is 9.98 Å². The van der Waals surface area contributed by atoms with Crippen LogP contribution in [0, 0.1) is 0 Å². The van der Waals surface area contributed by atoms with Crippen molar-refractivity contribution in [3.05, 3.63) is 59.4 Å². The van der Waals surface area contributed by atoms with Crippen molar-refractivity contribution in [2.75, 3.05) is 0 Å². The fourth-order valence-corrected chi connectivity index (χ4v) is 2.37. The zero-order valence-corrected chi connectivity index (χ0v) is 15.4. The van der Waals surface area contributed by atoms with E-state index >= 15 is 0 Å². The number of aliphatic imine (C=N–C) groups is 1. The molecule has 2 aromatic rings. The third-order valence-electron chi connectivity index (χ3n) is 3.98. The summed E-state index contributed by atoms with van der Waals surface area (Å²) in [6.45, 7) is 15.5. The van der Waals surface area contributed by atoms with Crippen molar-refractivity contribution < 1.29 is 0 Å². The van der Waals surface area contributed by atoms with Crippen LogP contribution in [-0.2, 0) is 10.8 Å². The molecule has 0 aliphatic heterocycles. The average Bonchev–Trinajstić information content (AvgIpc) is 2.46. The maximum atomic E-state index is 4.83. The molecule has 23 heavy (non-hydrogen) atoms. The molecule has 0 saturated carbocycles. The van der Waals surface area contributed by atoms with E-state index in [2.05, 4.69) is 64.7 Å². The highest BCUT2D eigenvalue weighted by atomic mass is 14.8. The number of hydrogen-bond acceptors (Lipinski definition) is 2. The first-order valence-corrected chi connectivity index (χ1v) is 8.20. The van der Waals surface area contributed by atoms with Crippen molar-refractivity contribution in [2.45, 2.75) is 59.3 Å². The van der Waals surface area contributed by atoms with Crippen LogP contribution < -0.4 is 0 Å². The van der Waals surface area contributed by atoms with Gasteiger partial charge in [-0.1, -0.05) is 53.7 Å². The quantitative estimate of drug-likeness (QED) is 0.642. The smallest absolute Gasteiger partial charge is 0.0841 e. The van der Waals surface area contributed by atoms with Gasteiger partial charge in [0, 0.05) is 6.20 Å². The fourth-order valence-electron chi connectivity index (χ4n) is 2.37. The second kappa shape index (κ2) is 6.27. The van der Waals surface area contributed by atoms with E-state index in [9.17, 15) is 0 Å². The molecule has 122 valence electrons. The Balaban J connectivity index is 2.54. The molecule has 1 aromatic carbocycles. The first-order valence-electron chi connectivity index (χ1n) is 8.20. The Hall–Kier alpha value is -1.96. The van der Waals surface area contributed by atoms with Crippen molar-refractivity contribution in [2.24, 2.45) is 4.99 Å². The van der Waals surface area contributed by atoms with Gasteiger partial charge >= 0.3 is 0 Å². The molecule has 1 heterocycles. The average molecular weight is 308 g/mol. The first-order chi connectivity index (χ1) is 10.6. The van der Waals surface area contributed by atoms with Gasteiger partial charge in [0.25, 0.3) is 0 Å². The molecule has 0 atom stereocenters. The van der Waals surface area contributed by atoms with Gasteiger partial charge in [-0.25, -0.2) is 0 Å². The molecular weight excluding hydrogens is 280 g/mol. The number of hydrogen-bond donors (Lipinski definition) is 0. The molecule has 2 nitrogen and oxygen atoms in total. The Morgan fingerprint density at radius 2 is 1.43 bits per heavy atom. The van der Waals surface area contributed by atoms with Crippen LogP contribution >= 0.6 is 0 Å². The van der Waals surface area contributed by atoms with Crippen LogP contribution in [0.3, 0.4) is 0 Å². The standard InChI is InChI=1S/C21H28N2/c1-15(19-10-8-9-11-22-19)23-18-13-16(20(2,3)4)12-17(14-18)21(5,6)7/h8-14H,1-7H3. The molecule has 0 bridgehead atoms. The molecule has 2 rings (SSSR count). The molecule has 0 saturated heterocycles. The summed E-state index contributed by atoms with van der Waals surface area (Å²) in [5, 5.41) is 0. The number of pyridine rings is 1. The van der Waals surface area contributed by atoms with E-state index < -0.39 is 0 Å². The molecule has 1 aromatic heterocycles. The highest BCUT2D eigenvalue weighted by molar-refractivity contribution is 5.98. The Morgan fingerprint density at radius 3 is 1.87 bits per heavy atom. The van der Waals surface area contributed by atoms with Crippen LogP contribution in [0.4, 0.5) is 5.69 Å². The Bertz CT molecular complexity index is 667. The van der Waals surface area contributed by atoms with Gasteiger partial charge in [-0.2, -0.15) is 0 Å². The Morgan fingerprint density at radius 1 is 0.870 bits per heavy atom. The van der Waals surface area contributed by atoms with Gasteiger partial charge in [0.05, 0.1) is 17.1 Å². The summed E-state index contributed by atoms with van der Waals surface area (Å²) in [6, 6.07) is 12.6. The van der Waals surface area contributed by atoms with Crippen molar-refractivity contribution in [3.8, 4) is 0 Å². The van der Waals surface area contributed by atoms with Crippen LogP contribution in [0.5, 0.6) is 0 Å². The molecule has 0 radical (unpaired) electrons. The van der Waals surface area contributed by atoms with Gasteiger partial charge in [-0.05, 0) is 53.1 Å². The lowest BCUT2D eigenvalue weighted by Gasteiger charge is -2.25. The minimum Gasteiger partial charge on any atom is -0.255 e. The molecule has 0 N–H and O–H groups in total. The highest BCUT2D eigenvalue weighted by Gasteiger charge is 2.20. The number of rotatable bonds is 2. The summed E-state index contributed by atoms with van der Waals surface area (Å²) in [5.74, 6) is 0. The first kappa shape index (κ1) is 17.4. The molecule has 2 heteroatoms. The lowest BCUT2D eigenvalue weighted by Crippen LogP contribution is -2.16. The van der Waals surface area contributed by atoms with E-state index in [1.165, 1.54) is 11.1 Å². The monoisotopic (exact) mass is 308 g/mol. The number of nitrogens with zero attached hydrogens (tertiary/aromatic N) is 2. The van der Waals surface area contributed by atoms with Gasteiger partial charge in [-0.15, -0.1) is 0 Å². The van der Waals surface area contributed by atoms with Crippen molar-refractivity contribution in [1.29, 1.82) is 0 Å². The maximum absolute atomic E-state index is 4.83. The second-order valence-corrected chi connectivity index (χ2v) is 8.18. The van der Waals surface area contributed by atoms with Gasteiger partial charge in [0.1, 0.15) is 0 Å². The third-order valence-corrected chi connectivity index (χ3v) is 3.98. The molecule has 0 aliphatic rings. The largest absolute Gasteiger partial charge is 0.255 e. The van der Waals surface area contributed by atoms with Crippen LogP contribution in [-0.4, -0.2) is 10.7 Å². The zero-order valence-electron chi connectivity index (χ0n) is 15.4. The minimum atomic E-state index is 0.102. The van der Waals surface area contributed by atoms with Crippen LogP contribution in [0.1, 0.15) is 65.3 Å². The van der Waals surface area contributed by atoms with Crippen molar-refractivity contribution >= 4 is 11.4 Å². The predicted molar refractivity (Wildman–Crippen MR) is 100.0 cm³/mol. The predicted octanol–water partition coefficient (Wildman–Crippen LogP) is 5.82. The summed E-state index contributed by atoms with van der Waals surface area (Å²) in [4.78, 5) is 9.22. The molecule has 0 aliphatic carbocycles. The molecule has 0 amide bonds. The summed E-state index contributed by atoms with van der Waals surface area (Å²) in [6.07, 6.45) is 1.81. The molecule has 0 unspecified atom stereocenters. The lowest BCUT2D eigenvalue weighted by molar-refractivity contribution is 0.569. The van der Waals surface area contributed by atoms with Crippen LogP contribution in [0.15, 0.2) is 47.6 Å². The molecule has 0 fully saturated rings. The normalized spacial score (nSPS) is 13.3. The number of benzene rings is 1. The van der Waals surface area contributed by atoms with E-state index in [-0.39, 0.29) is 10.8 Å². The third kappa shape index (κ3) is 4.51. The van der Waals surface area contributed by atoms with Crippen molar-refractivity contribution in [1.82, 2.24) is 4.98 Å². The lowest BCUT2D eigenvalue weighted by atomic mass is 9.80. The Kier molecular flexibility index (Phi) is 4.74. The summed E-state index contributed by atoms with van der Waals surface area (Å²) in [5.41, 5.74) is 5.71. The minimum absolute atomic E-state index is 0.102. The van der Waals surface area contributed by atoms with Gasteiger partial charge in [0.2, 0.25) is 0 Å². The van der Waals surface area contributed by atoms with E-state index in [1.54, 1.807) is 6.20 Å². The highest BCUT2D eigenvalue weighted by Crippen LogP contribution is 2.33. The topological polar surface area (TPSA) is 25.2 Å². The number of aromatic nitrogens is 1. The van der Waals surface area contributed by atoms with Gasteiger partial charge in [0.15, 0.2) is 0 Å². The summed E-state index contributed by atoms with van der Waals surface area (Å²) >= 11 is 0. The summed E-state index contributed by atoms with van der Waals surface area (Å²) < 4.78 is 0. The van der Waals surface area contributed by atoms with Crippen LogP contribution in [0.2, 0.25) is 0 Å². The molecular formula is C21H28N2. The Labute approximate surface area is 140 Å². The van der Waals surface area contributed by atoms with E-state index in [0.717, 1.165) is 17.1 Å². The van der Waals surface area contributed by atoms with Crippen molar-refractivity contribution in [3.63, 3.8) is 0 Å². The molecule has 0 spiro atoms. The zero-order chi connectivity index (χ0) is 17.3. The summed E-state index contributed by atoms with van der Waals surface area (Å²) in [7, 11) is 0. The van der Waals surface area contributed by atoms with E-state index in [0.29, 0.717) is 0 Å². The van der Waals surface area contributed by atoms with E-state index in [1.807, 2.05) is 25.1 Å². The van der Waals surface area contributed by atoms with E-state index in [4.69, 9.17) is 4.99 Å². The van der Waals surface area contributed by atoms with Gasteiger partial charge < -0.3 is 0 Å². The van der Waals surface area contributed by atoms with Crippen LogP contribution in [0.25, 0.3) is 0 Å². The SMILES string of the molecule is CC(=Nc1cc(C(C)(C)C)cc(C(C)(C)C)c1)c1ccccn1. The second-order valence-electron chi connectivity index (χ2n) is 8.18. The fraction of sp³-hybridized carbons (Fsp3) is 0.429. The maximum Gasteiger partial charge on any atom is 0.0841 e.